The fraction of sp³-hybridized carbons (Fsp3) is 0.533. The lowest BCUT2D eigenvalue weighted by molar-refractivity contribution is 0.242. The number of rotatable bonds is 7. The predicted octanol–water partition coefficient (Wildman–Crippen LogP) is 4.41. The summed E-state index contributed by atoms with van der Waals surface area (Å²) in [6.07, 6.45) is 6.27. The van der Waals surface area contributed by atoms with Crippen molar-refractivity contribution in [2.75, 3.05) is 0 Å². The molecular formula is C15H23O. The smallest absolute Gasteiger partial charge is 0.119 e. The Balaban J connectivity index is 2.33. The molecule has 0 saturated carbocycles. The first-order valence-corrected chi connectivity index (χ1v) is 6.27. The summed E-state index contributed by atoms with van der Waals surface area (Å²) in [7, 11) is 0. The van der Waals surface area contributed by atoms with E-state index in [2.05, 4.69) is 31.2 Å². The van der Waals surface area contributed by atoms with Gasteiger partial charge in [-0.05, 0) is 44.4 Å². The van der Waals surface area contributed by atoms with Gasteiger partial charge in [-0.25, -0.2) is 0 Å². The van der Waals surface area contributed by atoms with Crippen LogP contribution in [0.15, 0.2) is 24.3 Å². The zero-order valence-electron chi connectivity index (χ0n) is 10.5. The van der Waals surface area contributed by atoms with Crippen molar-refractivity contribution in [1.29, 1.82) is 0 Å². The van der Waals surface area contributed by atoms with Crippen LogP contribution in [0, 0.1) is 6.92 Å². The highest BCUT2D eigenvalue weighted by Gasteiger charge is 1.98. The van der Waals surface area contributed by atoms with Gasteiger partial charge < -0.3 is 4.74 Å². The molecule has 0 amide bonds. The van der Waals surface area contributed by atoms with Crippen molar-refractivity contribution >= 4 is 0 Å². The maximum atomic E-state index is 5.60. The molecule has 1 aromatic carbocycles. The monoisotopic (exact) mass is 219 g/mol. The minimum Gasteiger partial charge on any atom is -0.491 e. The van der Waals surface area contributed by atoms with Crippen LogP contribution in [0.2, 0.25) is 0 Å². The van der Waals surface area contributed by atoms with Crippen LogP contribution in [-0.4, -0.2) is 6.10 Å². The van der Waals surface area contributed by atoms with E-state index in [9.17, 15) is 0 Å². The Morgan fingerprint density at radius 2 is 1.75 bits per heavy atom. The van der Waals surface area contributed by atoms with Crippen molar-refractivity contribution in [3.8, 4) is 5.75 Å². The van der Waals surface area contributed by atoms with Crippen molar-refractivity contribution in [2.24, 2.45) is 0 Å². The van der Waals surface area contributed by atoms with Crippen LogP contribution in [0.4, 0.5) is 0 Å². The van der Waals surface area contributed by atoms with Gasteiger partial charge in [0.05, 0.1) is 6.10 Å². The lowest BCUT2D eigenvalue weighted by Crippen LogP contribution is -2.05. The molecule has 1 nitrogen and oxygen atoms in total. The fourth-order valence-corrected chi connectivity index (χ4v) is 1.69. The van der Waals surface area contributed by atoms with Crippen LogP contribution in [0.3, 0.4) is 0 Å². The molecule has 0 N–H and O–H groups in total. The van der Waals surface area contributed by atoms with E-state index in [4.69, 9.17) is 4.74 Å². The highest BCUT2D eigenvalue weighted by Crippen LogP contribution is 2.15. The standard InChI is InChI=1S/C15H23O/c1-4-5-6-7-8-14-9-11-15(12-10-14)16-13(2)3/h9-13H,1,4-8H2,2-3H3. The van der Waals surface area contributed by atoms with Crippen LogP contribution in [0.1, 0.15) is 45.1 Å². The first-order chi connectivity index (χ1) is 7.72. The Morgan fingerprint density at radius 3 is 2.31 bits per heavy atom. The summed E-state index contributed by atoms with van der Waals surface area (Å²) in [5, 5.41) is 0. The largest absolute Gasteiger partial charge is 0.491 e. The molecule has 1 aromatic rings. The van der Waals surface area contributed by atoms with Gasteiger partial charge in [-0.1, -0.05) is 38.3 Å². The second-order valence-electron chi connectivity index (χ2n) is 4.47. The third-order valence-electron chi connectivity index (χ3n) is 2.51. The molecular weight excluding hydrogens is 196 g/mol. The predicted molar refractivity (Wildman–Crippen MR) is 69.7 cm³/mol. The van der Waals surface area contributed by atoms with E-state index in [0.29, 0.717) is 0 Å². The average Bonchev–Trinajstić information content (AvgIpc) is 2.26. The average molecular weight is 219 g/mol. The Morgan fingerprint density at radius 1 is 1.06 bits per heavy atom. The zero-order valence-corrected chi connectivity index (χ0v) is 10.5. The molecule has 1 rings (SSSR count). The lowest BCUT2D eigenvalue weighted by Gasteiger charge is -2.10. The molecule has 0 aliphatic heterocycles. The van der Waals surface area contributed by atoms with Crippen molar-refractivity contribution in [3.63, 3.8) is 0 Å². The van der Waals surface area contributed by atoms with E-state index < -0.39 is 0 Å². The SMILES string of the molecule is [CH2]CCCCCc1ccc(OC(C)C)cc1. The van der Waals surface area contributed by atoms with E-state index in [1.54, 1.807) is 0 Å². The van der Waals surface area contributed by atoms with Crippen molar-refractivity contribution in [2.45, 2.75) is 52.1 Å². The molecule has 0 aliphatic rings. The third-order valence-corrected chi connectivity index (χ3v) is 2.51. The third kappa shape index (κ3) is 5.20. The van der Waals surface area contributed by atoms with Gasteiger partial charge in [0.25, 0.3) is 0 Å². The molecule has 0 unspecified atom stereocenters. The highest BCUT2D eigenvalue weighted by molar-refractivity contribution is 5.27. The van der Waals surface area contributed by atoms with Crippen LogP contribution >= 0.6 is 0 Å². The summed E-state index contributed by atoms with van der Waals surface area (Å²) >= 11 is 0. The molecule has 1 radical (unpaired) electrons. The van der Waals surface area contributed by atoms with Crippen molar-refractivity contribution < 1.29 is 4.74 Å². The van der Waals surface area contributed by atoms with E-state index in [1.807, 2.05) is 13.8 Å². The summed E-state index contributed by atoms with van der Waals surface area (Å²) < 4.78 is 5.60. The molecule has 0 atom stereocenters. The van der Waals surface area contributed by atoms with Gasteiger partial charge in [-0.2, -0.15) is 0 Å². The molecule has 0 fully saturated rings. The molecule has 0 aromatic heterocycles. The number of unbranched alkanes of at least 4 members (excludes halogenated alkanes) is 3. The van der Waals surface area contributed by atoms with Crippen molar-refractivity contribution in [1.82, 2.24) is 0 Å². The number of benzene rings is 1. The quantitative estimate of drug-likeness (QED) is 0.617. The number of aryl methyl sites for hydroxylation is 1. The summed E-state index contributed by atoms with van der Waals surface area (Å²) in [6.45, 7) is 7.95. The van der Waals surface area contributed by atoms with Crippen LogP contribution in [0.25, 0.3) is 0 Å². The molecule has 1 heteroatoms. The lowest BCUT2D eigenvalue weighted by atomic mass is 10.1. The Hall–Kier alpha value is -0.980. The molecule has 0 spiro atoms. The van der Waals surface area contributed by atoms with E-state index in [0.717, 1.165) is 12.2 Å². The Kier molecular flexibility index (Phi) is 5.99. The highest BCUT2D eigenvalue weighted by atomic mass is 16.5. The van der Waals surface area contributed by atoms with Gasteiger partial charge in [-0.15, -0.1) is 0 Å². The number of ether oxygens (including phenoxy) is 1. The van der Waals surface area contributed by atoms with Gasteiger partial charge in [0, 0.05) is 0 Å². The summed E-state index contributed by atoms with van der Waals surface area (Å²) in [5.74, 6) is 0.969. The van der Waals surface area contributed by atoms with E-state index in [1.165, 1.54) is 31.2 Å². The second kappa shape index (κ2) is 7.32. The molecule has 0 heterocycles. The van der Waals surface area contributed by atoms with Gasteiger partial charge >= 0.3 is 0 Å². The Labute approximate surface area is 99.8 Å². The molecule has 16 heavy (non-hydrogen) atoms. The summed E-state index contributed by atoms with van der Waals surface area (Å²) in [4.78, 5) is 0. The van der Waals surface area contributed by atoms with Gasteiger partial charge in [0.2, 0.25) is 0 Å². The minimum atomic E-state index is 0.253. The fourth-order valence-electron chi connectivity index (χ4n) is 1.69. The summed E-state index contributed by atoms with van der Waals surface area (Å²) in [6, 6.07) is 8.47. The normalized spacial score (nSPS) is 10.8. The van der Waals surface area contributed by atoms with Crippen LogP contribution in [0.5, 0.6) is 5.75 Å². The van der Waals surface area contributed by atoms with Gasteiger partial charge in [-0.3, -0.25) is 0 Å². The van der Waals surface area contributed by atoms with Gasteiger partial charge in [0.1, 0.15) is 5.75 Å². The van der Waals surface area contributed by atoms with Crippen LogP contribution < -0.4 is 4.74 Å². The van der Waals surface area contributed by atoms with Crippen LogP contribution in [-0.2, 0) is 6.42 Å². The molecule has 0 aliphatic carbocycles. The first-order valence-electron chi connectivity index (χ1n) is 6.27. The van der Waals surface area contributed by atoms with E-state index in [-0.39, 0.29) is 6.10 Å². The second-order valence-corrected chi connectivity index (χ2v) is 4.47. The molecule has 0 saturated heterocycles. The maximum absolute atomic E-state index is 5.60. The maximum Gasteiger partial charge on any atom is 0.119 e. The number of hydrogen-bond donors (Lipinski definition) is 0. The van der Waals surface area contributed by atoms with Gasteiger partial charge in [0.15, 0.2) is 0 Å². The Bertz CT molecular complexity index is 274. The molecule has 0 bridgehead atoms. The summed E-state index contributed by atoms with van der Waals surface area (Å²) in [5.41, 5.74) is 1.40. The topological polar surface area (TPSA) is 9.23 Å². The first kappa shape index (κ1) is 13.1. The minimum absolute atomic E-state index is 0.253. The molecule has 89 valence electrons. The zero-order chi connectivity index (χ0) is 11.8. The number of hydrogen-bond acceptors (Lipinski definition) is 1. The van der Waals surface area contributed by atoms with E-state index >= 15 is 0 Å². The van der Waals surface area contributed by atoms with Crippen molar-refractivity contribution in [3.05, 3.63) is 36.8 Å².